The molecule has 2 aliphatic heterocycles. The number of sulfone groups is 1. The second-order valence-corrected chi connectivity index (χ2v) is 8.21. The molecule has 130 valence electrons. The minimum Gasteiger partial charge on any atom is -0.321 e. The van der Waals surface area contributed by atoms with Gasteiger partial charge >= 0.3 is 0 Å². The minimum absolute atomic E-state index is 0.0315. The number of anilines is 1. The Morgan fingerprint density at radius 3 is 2.60 bits per heavy atom. The Kier molecular flexibility index (Phi) is 4.55. The summed E-state index contributed by atoms with van der Waals surface area (Å²) in [6, 6.07) is 7.85. The Morgan fingerprint density at radius 2 is 2.00 bits per heavy atom. The molecule has 0 bridgehead atoms. The molecule has 1 aromatic carbocycles. The molecule has 2 aliphatic rings. The largest absolute Gasteiger partial charge is 0.321 e. The Balaban J connectivity index is 1.74. The Labute approximate surface area is 145 Å². The summed E-state index contributed by atoms with van der Waals surface area (Å²) in [5.41, 5.74) is 1.18. The van der Waals surface area contributed by atoms with E-state index in [1.165, 1.54) is 0 Å². The number of hydrogen-bond acceptors (Lipinski definition) is 6. The lowest BCUT2D eigenvalue weighted by atomic mass is 10.1. The molecule has 1 fully saturated rings. The Morgan fingerprint density at radius 1 is 1.28 bits per heavy atom. The lowest BCUT2D eigenvalue weighted by Crippen LogP contribution is -2.42. The normalized spacial score (nSPS) is 22.2. The van der Waals surface area contributed by atoms with Gasteiger partial charge in [-0.3, -0.25) is 9.59 Å². The van der Waals surface area contributed by atoms with Gasteiger partial charge in [0.2, 0.25) is 5.91 Å². The van der Waals surface area contributed by atoms with E-state index in [0.29, 0.717) is 17.7 Å². The maximum Gasteiger partial charge on any atom is 0.271 e. The summed E-state index contributed by atoms with van der Waals surface area (Å²) in [5.74, 6) is -0.795. The Hall–Kier alpha value is -2.73. The zero-order valence-electron chi connectivity index (χ0n) is 13.3. The van der Waals surface area contributed by atoms with Crippen LogP contribution in [0.1, 0.15) is 24.8 Å². The first-order chi connectivity index (χ1) is 11.9. The third-order valence-electron chi connectivity index (χ3n) is 4.15. The molecule has 0 radical (unpaired) electrons. The van der Waals surface area contributed by atoms with Gasteiger partial charge in [0, 0.05) is 18.5 Å². The SMILES string of the molecule is N#Cc1ccc(NC(=O)C2=NN(C3CCS(=O)(=O)C3)C(=O)CC2)cc1. The van der Waals surface area contributed by atoms with Gasteiger partial charge in [0.05, 0.1) is 29.2 Å². The van der Waals surface area contributed by atoms with Crippen LogP contribution in [0, 0.1) is 11.3 Å². The number of amides is 2. The molecule has 2 amide bonds. The van der Waals surface area contributed by atoms with E-state index in [4.69, 9.17) is 5.26 Å². The molecule has 0 spiro atoms. The van der Waals surface area contributed by atoms with Crippen molar-refractivity contribution in [3.05, 3.63) is 29.8 Å². The number of benzene rings is 1. The van der Waals surface area contributed by atoms with Crippen molar-refractivity contribution in [2.75, 3.05) is 16.8 Å². The van der Waals surface area contributed by atoms with Gasteiger partial charge in [0.25, 0.3) is 5.91 Å². The highest BCUT2D eigenvalue weighted by Crippen LogP contribution is 2.22. The van der Waals surface area contributed by atoms with Gasteiger partial charge in [-0.1, -0.05) is 0 Å². The van der Waals surface area contributed by atoms with Crippen molar-refractivity contribution in [2.45, 2.75) is 25.3 Å². The van der Waals surface area contributed by atoms with Crippen LogP contribution in [0.5, 0.6) is 0 Å². The van der Waals surface area contributed by atoms with Gasteiger partial charge in [0.15, 0.2) is 9.84 Å². The predicted octanol–water partition coefficient (Wildman–Crippen LogP) is 0.662. The molecule has 0 aliphatic carbocycles. The summed E-state index contributed by atoms with van der Waals surface area (Å²) < 4.78 is 23.2. The van der Waals surface area contributed by atoms with E-state index >= 15 is 0 Å². The molecule has 1 N–H and O–H groups in total. The van der Waals surface area contributed by atoms with Gasteiger partial charge < -0.3 is 5.32 Å². The first-order valence-corrected chi connectivity index (χ1v) is 9.61. The highest BCUT2D eigenvalue weighted by atomic mass is 32.2. The van der Waals surface area contributed by atoms with Gasteiger partial charge in [-0.25, -0.2) is 13.4 Å². The third-order valence-corrected chi connectivity index (χ3v) is 5.90. The molecule has 1 aromatic rings. The number of nitrogens with one attached hydrogen (secondary N) is 1. The zero-order valence-corrected chi connectivity index (χ0v) is 14.1. The summed E-state index contributed by atoms with van der Waals surface area (Å²) in [5, 5.41) is 16.7. The topological polar surface area (TPSA) is 120 Å². The molecule has 1 atom stereocenters. The van der Waals surface area contributed by atoms with Crippen LogP contribution in [0.25, 0.3) is 0 Å². The maximum atomic E-state index is 12.4. The van der Waals surface area contributed by atoms with Gasteiger partial charge in [-0.15, -0.1) is 0 Å². The van der Waals surface area contributed by atoms with E-state index in [1.807, 2.05) is 6.07 Å². The highest BCUT2D eigenvalue weighted by Gasteiger charge is 2.37. The smallest absolute Gasteiger partial charge is 0.271 e. The molecule has 25 heavy (non-hydrogen) atoms. The van der Waals surface area contributed by atoms with E-state index in [2.05, 4.69) is 10.4 Å². The van der Waals surface area contributed by atoms with Crippen molar-refractivity contribution in [3.63, 3.8) is 0 Å². The lowest BCUT2D eigenvalue weighted by Gasteiger charge is -2.27. The highest BCUT2D eigenvalue weighted by molar-refractivity contribution is 7.91. The summed E-state index contributed by atoms with van der Waals surface area (Å²) in [7, 11) is -3.15. The van der Waals surface area contributed by atoms with Crippen molar-refractivity contribution in [2.24, 2.45) is 5.10 Å². The molecular formula is C16H16N4O4S. The molecule has 9 heteroatoms. The van der Waals surface area contributed by atoms with Gasteiger partial charge in [-0.05, 0) is 30.7 Å². The van der Waals surface area contributed by atoms with Crippen LogP contribution < -0.4 is 5.32 Å². The van der Waals surface area contributed by atoms with Crippen LogP contribution in [0.2, 0.25) is 0 Å². The molecule has 8 nitrogen and oxygen atoms in total. The molecule has 1 unspecified atom stereocenters. The maximum absolute atomic E-state index is 12.4. The Bertz CT molecular complexity index is 884. The fourth-order valence-electron chi connectivity index (χ4n) is 2.82. The second kappa shape index (κ2) is 6.64. The minimum atomic E-state index is -3.15. The molecule has 2 heterocycles. The van der Waals surface area contributed by atoms with Crippen LogP contribution in [0.3, 0.4) is 0 Å². The van der Waals surface area contributed by atoms with Crippen molar-refractivity contribution >= 4 is 33.1 Å². The van der Waals surface area contributed by atoms with E-state index in [9.17, 15) is 18.0 Å². The van der Waals surface area contributed by atoms with E-state index in [1.54, 1.807) is 24.3 Å². The van der Waals surface area contributed by atoms with Gasteiger partial charge in [-0.2, -0.15) is 10.4 Å². The quantitative estimate of drug-likeness (QED) is 0.849. The summed E-state index contributed by atoms with van der Waals surface area (Å²) >= 11 is 0. The van der Waals surface area contributed by atoms with E-state index in [-0.39, 0.29) is 36.0 Å². The van der Waals surface area contributed by atoms with Crippen molar-refractivity contribution in [1.82, 2.24) is 5.01 Å². The predicted molar refractivity (Wildman–Crippen MR) is 90.4 cm³/mol. The fraction of sp³-hybridized carbons (Fsp3) is 0.375. The van der Waals surface area contributed by atoms with Crippen molar-refractivity contribution in [1.29, 1.82) is 5.26 Å². The van der Waals surface area contributed by atoms with Crippen molar-refractivity contribution < 1.29 is 18.0 Å². The van der Waals surface area contributed by atoms with Gasteiger partial charge in [0.1, 0.15) is 5.71 Å². The molecule has 1 saturated heterocycles. The molecule has 0 saturated carbocycles. The zero-order chi connectivity index (χ0) is 18.0. The number of hydrogen-bond donors (Lipinski definition) is 1. The molecular weight excluding hydrogens is 344 g/mol. The first-order valence-electron chi connectivity index (χ1n) is 7.79. The van der Waals surface area contributed by atoms with Crippen molar-refractivity contribution in [3.8, 4) is 6.07 Å². The number of carbonyl (C=O) groups is 2. The van der Waals surface area contributed by atoms with E-state index < -0.39 is 21.8 Å². The first kappa shape index (κ1) is 17.1. The average Bonchev–Trinajstić information content (AvgIpc) is 2.95. The third kappa shape index (κ3) is 3.85. The van der Waals surface area contributed by atoms with Crippen LogP contribution in [0.4, 0.5) is 5.69 Å². The summed E-state index contributed by atoms with van der Waals surface area (Å²) in [6.45, 7) is 0. The number of nitriles is 1. The lowest BCUT2D eigenvalue weighted by molar-refractivity contribution is -0.133. The number of carbonyl (C=O) groups excluding carboxylic acids is 2. The number of nitrogens with zero attached hydrogens (tertiary/aromatic N) is 3. The standard InChI is InChI=1S/C16H16N4O4S/c17-9-11-1-3-12(4-2-11)18-16(22)14-5-6-15(21)20(19-14)13-7-8-25(23,24)10-13/h1-4,13H,5-8,10H2,(H,18,22). The second-order valence-electron chi connectivity index (χ2n) is 5.99. The molecule has 0 aromatic heterocycles. The monoisotopic (exact) mass is 360 g/mol. The van der Waals surface area contributed by atoms with Crippen LogP contribution in [-0.4, -0.2) is 48.5 Å². The average molecular weight is 360 g/mol. The van der Waals surface area contributed by atoms with Crippen LogP contribution >= 0.6 is 0 Å². The number of hydrazone groups is 1. The summed E-state index contributed by atoms with van der Waals surface area (Å²) in [4.78, 5) is 24.4. The number of rotatable bonds is 3. The fourth-order valence-corrected chi connectivity index (χ4v) is 4.51. The summed E-state index contributed by atoms with van der Waals surface area (Å²) in [6.07, 6.45) is 0.662. The molecule has 3 rings (SSSR count). The van der Waals surface area contributed by atoms with E-state index in [0.717, 1.165) is 5.01 Å². The van der Waals surface area contributed by atoms with Crippen LogP contribution in [-0.2, 0) is 19.4 Å². The van der Waals surface area contributed by atoms with Crippen LogP contribution in [0.15, 0.2) is 29.4 Å².